The molecule has 2 aromatic rings. The van der Waals surface area contributed by atoms with Gasteiger partial charge in [0.2, 0.25) is 0 Å². The number of hydrogen-bond acceptors (Lipinski definition) is 5. The van der Waals surface area contributed by atoms with E-state index in [4.69, 9.17) is 15.2 Å². The summed E-state index contributed by atoms with van der Waals surface area (Å²) < 4.78 is 12.5. The van der Waals surface area contributed by atoms with E-state index in [0.29, 0.717) is 23.9 Å². The van der Waals surface area contributed by atoms with Crippen LogP contribution in [0.25, 0.3) is 0 Å². The zero-order chi connectivity index (χ0) is 13.8. The van der Waals surface area contributed by atoms with Gasteiger partial charge in [-0.15, -0.1) is 0 Å². The molecule has 0 amide bonds. The van der Waals surface area contributed by atoms with Gasteiger partial charge in [-0.3, -0.25) is 4.98 Å². The normalized spacial score (nSPS) is 10.3. The molecule has 0 bridgehead atoms. The van der Waals surface area contributed by atoms with Crippen LogP contribution in [0.2, 0.25) is 0 Å². The number of benzene rings is 1. The first-order valence-electron chi connectivity index (χ1n) is 5.32. The Morgan fingerprint density at radius 3 is 2.42 bits per heavy atom. The van der Waals surface area contributed by atoms with Crippen molar-refractivity contribution in [1.82, 2.24) is 9.97 Å². The molecule has 0 saturated heterocycles. The number of aromatic nitrogens is 2. The van der Waals surface area contributed by atoms with E-state index in [1.807, 2.05) is 12.1 Å². The number of hydrogen-bond donors (Lipinski definition) is 1. The van der Waals surface area contributed by atoms with Crippen LogP contribution in [0.3, 0.4) is 0 Å². The van der Waals surface area contributed by atoms with Crippen LogP contribution in [-0.2, 0) is 6.61 Å². The Morgan fingerprint density at radius 1 is 1.11 bits per heavy atom. The van der Waals surface area contributed by atoms with E-state index in [9.17, 15) is 0 Å². The van der Waals surface area contributed by atoms with Crippen LogP contribution >= 0.6 is 31.9 Å². The maximum absolute atomic E-state index is 5.67. The lowest BCUT2D eigenvalue weighted by atomic mass is 10.3. The number of methoxy groups -OCH3 is 1. The van der Waals surface area contributed by atoms with Gasteiger partial charge in [0.05, 0.1) is 34.1 Å². The first kappa shape index (κ1) is 14.1. The Morgan fingerprint density at radius 2 is 1.79 bits per heavy atom. The summed E-state index contributed by atoms with van der Waals surface area (Å²) >= 11 is 6.83. The molecule has 1 aromatic heterocycles. The second-order valence-corrected chi connectivity index (χ2v) is 5.35. The van der Waals surface area contributed by atoms with Crippen molar-refractivity contribution in [2.75, 3.05) is 12.8 Å². The molecule has 7 heteroatoms. The quantitative estimate of drug-likeness (QED) is 0.870. The van der Waals surface area contributed by atoms with E-state index in [1.165, 1.54) is 6.20 Å². The van der Waals surface area contributed by atoms with Crippen molar-refractivity contribution in [2.24, 2.45) is 0 Å². The van der Waals surface area contributed by atoms with Gasteiger partial charge in [0.25, 0.3) is 0 Å². The second kappa shape index (κ2) is 6.21. The summed E-state index contributed by atoms with van der Waals surface area (Å²) in [4.78, 5) is 8.07. The third kappa shape index (κ3) is 3.57. The van der Waals surface area contributed by atoms with Gasteiger partial charge in [0.15, 0.2) is 0 Å². The molecular weight excluding hydrogens is 378 g/mol. The van der Waals surface area contributed by atoms with Gasteiger partial charge >= 0.3 is 0 Å². The van der Waals surface area contributed by atoms with Gasteiger partial charge < -0.3 is 15.2 Å². The minimum Gasteiger partial charge on any atom is -0.496 e. The molecule has 0 aliphatic rings. The predicted molar refractivity (Wildman–Crippen MR) is 79.2 cm³/mol. The summed E-state index contributed by atoms with van der Waals surface area (Å²) in [5.41, 5.74) is 6.17. The highest BCUT2D eigenvalue weighted by molar-refractivity contribution is 9.11. The van der Waals surface area contributed by atoms with Crippen LogP contribution in [0, 0.1) is 0 Å². The highest BCUT2D eigenvalue weighted by Crippen LogP contribution is 2.36. The highest BCUT2D eigenvalue weighted by atomic mass is 79.9. The molecule has 0 aliphatic heterocycles. The van der Waals surface area contributed by atoms with Gasteiger partial charge in [0, 0.05) is 0 Å². The Balaban J connectivity index is 2.11. The lowest BCUT2D eigenvalue weighted by molar-refractivity contribution is 0.298. The number of anilines is 1. The molecule has 19 heavy (non-hydrogen) atoms. The molecule has 2 N–H and O–H groups in total. The number of halogens is 2. The zero-order valence-corrected chi connectivity index (χ0v) is 13.2. The Kier molecular flexibility index (Phi) is 4.60. The molecular formula is C12H11Br2N3O2. The van der Waals surface area contributed by atoms with Gasteiger partial charge in [-0.2, -0.15) is 0 Å². The Bertz CT molecular complexity index is 576. The highest BCUT2D eigenvalue weighted by Gasteiger charge is 2.08. The second-order valence-electron chi connectivity index (χ2n) is 3.64. The standard InChI is InChI=1S/C12H11Br2N3O2/c1-18-10-2-9(14)11(3-8(10)13)19-6-7-4-17-12(15)5-16-7/h2-5H,6H2,1H3,(H2,15,17). The topological polar surface area (TPSA) is 70.3 Å². The predicted octanol–water partition coefficient (Wildman–Crippen LogP) is 3.17. The number of ether oxygens (including phenoxy) is 2. The minimum absolute atomic E-state index is 0.310. The monoisotopic (exact) mass is 387 g/mol. The average molecular weight is 389 g/mol. The van der Waals surface area contributed by atoms with Crippen LogP contribution in [0.4, 0.5) is 5.82 Å². The largest absolute Gasteiger partial charge is 0.496 e. The van der Waals surface area contributed by atoms with E-state index >= 15 is 0 Å². The van der Waals surface area contributed by atoms with Gasteiger partial charge in [-0.05, 0) is 44.0 Å². The summed E-state index contributed by atoms with van der Waals surface area (Å²) in [7, 11) is 1.61. The van der Waals surface area contributed by atoms with Gasteiger partial charge in [-0.1, -0.05) is 0 Å². The van der Waals surface area contributed by atoms with Crippen LogP contribution in [0.15, 0.2) is 33.5 Å². The molecule has 2 rings (SSSR count). The molecule has 100 valence electrons. The Labute approximate surface area is 127 Å². The van der Waals surface area contributed by atoms with Gasteiger partial charge in [0.1, 0.15) is 23.9 Å². The minimum atomic E-state index is 0.310. The maximum Gasteiger partial charge on any atom is 0.141 e. The molecule has 1 aromatic carbocycles. The molecule has 0 radical (unpaired) electrons. The van der Waals surface area contributed by atoms with Crippen molar-refractivity contribution in [3.63, 3.8) is 0 Å². The van der Waals surface area contributed by atoms with Crippen molar-refractivity contribution in [2.45, 2.75) is 6.61 Å². The van der Waals surface area contributed by atoms with Crippen molar-refractivity contribution in [3.8, 4) is 11.5 Å². The van der Waals surface area contributed by atoms with Crippen molar-refractivity contribution in [1.29, 1.82) is 0 Å². The van der Waals surface area contributed by atoms with E-state index in [0.717, 1.165) is 14.7 Å². The average Bonchev–Trinajstić information content (AvgIpc) is 2.41. The fourth-order valence-electron chi connectivity index (χ4n) is 1.37. The molecule has 0 unspecified atom stereocenters. The van der Waals surface area contributed by atoms with Crippen LogP contribution in [0.1, 0.15) is 5.69 Å². The summed E-state index contributed by atoms with van der Waals surface area (Å²) in [5, 5.41) is 0. The first-order valence-corrected chi connectivity index (χ1v) is 6.91. The summed E-state index contributed by atoms with van der Waals surface area (Å²) in [6.45, 7) is 0.310. The smallest absolute Gasteiger partial charge is 0.141 e. The fraction of sp³-hybridized carbons (Fsp3) is 0.167. The Hall–Kier alpha value is -1.34. The van der Waals surface area contributed by atoms with Gasteiger partial charge in [-0.25, -0.2) is 4.98 Å². The number of nitrogens with two attached hydrogens (primary N) is 1. The molecule has 0 atom stereocenters. The van der Waals surface area contributed by atoms with Crippen molar-refractivity contribution >= 4 is 37.7 Å². The number of rotatable bonds is 4. The van der Waals surface area contributed by atoms with Crippen LogP contribution in [0.5, 0.6) is 11.5 Å². The third-order valence-electron chi connectivity index (χ3n) is 2.31. The summed E-state index contributed by atoms with van der Waals surface area (Å²) in [5.74, 6) is 1.80. The molecule has 0 aliphatic carbocycles. The van der Waals surface area contributed by atoms with Crippen molar-refractivity contribution < 1.29 is 9.47 Å². The lowest BCUT2D eigenvalue weighted by Gasteiger charge is -2.10. The van der Waals surface area contributed by atoms with Crippen LogP contribution in [-0.4, -0.2) is 17.1 Å². The first-order chi connectivity index (χ1) is 9.10. The zero-order valence-electron chi connectivity index (χ0n) is 10.1. The molecule has 5 nitrogen and oxygen atoms in total. The van der Waals surface area contributed by atoms with E-state index in [1.54, 1.807) is 13.3 Å². The SMILES string of the molecule is COc1cc(Br)c(OCc2cnc(N)cn2)cc1Br. The van der Waals surface area contributed by atoms with E-state index in [-0.39, 0.29) is 0 Å². The third-order valence-corrected chi connectivity index (χ3v) is 3.55. The van der Waals surface area contributed by atoms with E-state index in [2.05, 4.69) is 41.8 Å². The fourth-order valence-corrected chi connectivity index (χ4v) is 2.29. The number of nitrogen functional groups attached to an aromatic ring is 1. The van der Waals surface area contributed by atoms with E-state index < -0.39 is 0 Å². The lowest BCUT2D eigenvalue weighted by Crippen LogP contribution is -2.01. The summed E-state index contributed by atoms with van der Waals surface area (Å²) in [6, 6.07) is 3.65. The summed E-state index contributed by atoms with van der Waals surface area (Å²) in [6.07, 6.45) is 3.08. The van der Waals surface area contributed by atoms with Crippen LogP contribution < -0.4 is 15.2 Å². The number of nitrogens with zero attached hydrogens (tertiary/aromatic N) is 2. The molecule has 0 saturated carbocycles. The molecule has 1 heterocycles. The van der Waals surface area contributed by atoms with Crippen molar-refractivity contribution in [3.05, 3.63) is 39.2 Å². The molecule has 0 spiro atoms. The molecule has 0 fully saturated rings. The maximum atomic E-state index is 5.67.